The van der Waals surface area contributed by atoms with Crippen LogP contribution in [0.15, 0.2) is 66.7 Å². The Bertz CT molecular complexity index is 1730. The van der Waals surface area contributed by atoms with Crippen LogP contribution in [0.4, 0.5) is 0 Å². The van der Waals surface area contributed by atoms with E-state index in [2.05, 4.69) is 0 Å². The van der Waals surface area contributed by atoms with Gasteiger partial charge in [-0.25, -0.2) is 4.79 Å². The van der Waals surface area contributed by atoms with Gasteiger partial charge in [-0.3, -0.25) is 24.0 Å². The molecule has 13 heteroatoms. The predicted octanol–water partition coefficient (Wildman–Crippen LogP) is 8.93. The Morgan fingerprint density at radius 1 is 0.400 bits per heavy atom. The summed E-state index contributed by atoms with van der Waals surface area (Å²) in [6, 6.07) is 19.4. The van der Waals surface area contributed by atoms with Crippen molar-refractivity contribution in [1.29, 1.82) is 0 Å². The van der Waals surface area contributed by atoms with Gasteiger partial charge in [-0.2, -0.15) is 0 Å². The molecular formula is C47H62O13. The minimum absolute atomic E-state index is 0.136. The zero-order valence-corrected chi connectivity index (χ0v) is 34.9. The lowest BCUT2D eigenvalue weighted by molar-refractivity contribution is -0.145. The summed E-state index contributed by atoms with van der Waals surface area (Å²) in [6.07, 6.45) is 11.8. The fraction of sp³-hybridized carbons (Fsp3) is 0.532. The highest BCUT2D eigenvalue weighted by atomic mass is 16.6. The molecule has 0 aliphatic heterocycles. The lowest BCUT2D eigenvalue weighted by Gasteiger charge is -2.09. The average molecular weight is 835 g/mol. The van der Waals surface area contributed by atoms with Gasteiger partial charge in [-0.15, -0.1) is 0 Å². The third-order valence-electron chi connectivity index (χ3n) is 9.47. The maximum atomic E-state index is 12.7. The first-order valence-electron chi connectivity index (χ1n) is 21.5. The van der Waals surface area contributed by atoms with Gasteiger partial charge in [-0.1, -0.05) is 42.8 Å². The smallest absolute Gasteiger partial charge is 0.343 e. The highest BCUT2D eigenvalue weighted by molar-refractivity contribution is 5.95. The lowest BCUT2D eigenvalue weighted by atomic mass is 10.1. The van der Waals surface area contributed by atoms with E-state index in [4.69, 9.17) is 33.5 Å². The second-order valence-electron chi connectivity index (χ2n) is 14.5. The molecule has 0 atom stereocenters. The number of rotatable bonds is 32. The molecule has 0 spiro atoms. The van der Waals surface area contributed by atoms with E-state index < -0.39 is 5.97 Å². The van der Waals surface area contributed by atoms with Gasteiger partial charge in [0, 0.05) is 44.1 Å². The number of carbonyl (C=O) groups excluding carboxylic acids is 6. The van der Waals surface area contributed by atoms with Crippen molar-refractivity contribution in [3.05, 3.63) is 72.3 Å². The molecule has 0 fully saturated rings. The van der Waals surface area contributed by atoms with Crippen molar-refractivity contribution in [2.75, 3.05) is 33.0 Å². The number of ether oxygens (including phenoxy) is 6. The molecule has 0 aromatic heterocycles. The van der Waals surface area contributed by atoms with E-state index in [0.29, 0.717) is 127 Å². The maximum absolute atomic E-state index is 12.7. The molecule has 0 saturated carbocycles. The van der Waals surface area contributed by atoms with Gasteiger partial charge in [0.25, 0.3) is 0 Å². The van der Waals surface area contributed by atoms with Crippen molar-refractivity contribution < 1.29 is 62.3 Å². The van der Waals surface area contributed by atoms with E-state index in [1.165, 1.54) is 0 Å². The fourth-order valence-corrected chi connectivity index (χ4v) is 6.07. The molecule has 0 aliphatic carbocycles. The molecule has 328 valence electrons. The van der Waals surface area contributed by atoms with Gasteiger partial charge in [0.1, 0.15) is 11.5 Å². The first-order chi connectivity index (χ1) is 29.2. The van der Waals surface area contributed by atoms with Crippen LogP contribution in [-0.2, 0) is 42.9 Å². The number of aliphatic hydroxyl groups is 1. The number of benzene rings is 3. The van der Waals surface area contributed by atoms with Crippen LogP contribution < -0.4 is 9.47 Å². The summed E-state index contributed by atoms with van der Waals surface area (Å²) in [5.41, 5.74) is 0.332. The average Bonchev–Trinajstić information content (AvgIpc) is 3.24. The monoisotopic (exact) mass is 834 g/mol. The summed E-state index contributed by atoms with van der Waals surface area (Å²) in [6.45, 7) is 1.38. The number of fused-ring (bicyclic) bond motifs is 1. The van der Waals surface area contributed by atoms with Crippen LogP contribution in [0.3, 0.4) is 0 Å². The Labute approximate surface area is 353 Å². The first kappa shape index (κ1) is 49.1. The molecule has 0 unspecified atom stereocenters. The maximum Gasteiger partial charge on any atom is 0.343 e. The molecule has 0 heterocycles. The van der Waals surface area contributed by atoms with Crippen LogP contribution >= 0.6 is 0 Å². The lowest BCUT2D eigenvalue weighted by Crippen LogP contribution is -2.10. The molecule has 0 aliphatic rings. The number of hydrogen-bond donors (Lipinski definition) is 1. The van der Waals surface area contributed by atoms with Crippen LogP contribution in [0.5, 0.6) is 11.5 Å². The number of hydrogen-bond acceptors (Lipinski definition) is 13. The van der Waals surface area contributed by atoms with Crippen molar-refractivity contribution >= 4 is 46.6 Å². The molecule has 0 saturated heterocycles. The highest BCUT2D eigenvalue weighted by Crippen LogP contribution is 2.26. The number of unbranched alkanes of at least 4 members (excludes halogenated alkanes) is 10. The van der Waals surface area contributed by atoms with Gasteiger partial charge < -0.3 is 33.5 Å². The van der Waals surface area contributed by atoms with Gasteiger partial charge in [0.05, 0.1) is 32.0 Å². The third-order valence-corrected chi connectivity index (χ3v) is 9.47. The summed E-state index contributed by atoms with van der Waals surface area (Å²) in [4.78, 5) is 72.5. The van der Waals surface area contributed by atoms with Crippen LogP contribution in [-0.4, -0.2) is 74.0 Å². The van der Waals surface area contributed by atoms with Crippen molar-refractivity contribution in [2.24, 2.45) is 0 Å². The Kier molecular flexibility index (Phi) is 25.1. The Morgan fingerprint density at radius 2 is 0.817 bits per heavy atom. The minimum atomic E-state index is -0.510. The summed E-state index contributed by atoms with van der Waals surface area (Å²) in [5.74, 6) is -1.12. The largest absolute Gasteiger partial charge is 0.466 e. The second kappa shape index (κ2) is 30.7. The van der Waals surface area contributed by atoms with Crippen molar-refractivity contribution in [3.63, 3.8) is 0 Å². The van der Waals surface area contributed by atoms with Crippen LogP contribution in [0.1, 0.15) is 139 Å². The molecule has 0 radical (unpaired) electrons. The summed E-state index contributed by atoms with van der Waals surface area (Å²) < 4.78 is 32.0. The number of carbonyl (C=O) groups is 6. The molecule has 13 nitrogen and oxygen atoms in total. The Hall–Kier alpha value is -5.30. The zero-order valence-electron chi connectivity index (χ0n) is 34.9. The normalized spacial score (nSPS) is 10.8. The number of esters is 6. The summed E-state index contributed by atoms with van der Waals surface area (Å²) in [5, 5.41) is 10.5. The van der Waals surface area contributed by atoms with Gasteiger partial charge in [0.2, 0.25) is 0 Å². The topological polar surface area (TPSA) is 178 Å². The molecule has 0 bridgehead atoms. The Balaban J connectivity index is 1.06. The molecule has 3 rings (SSSR count). The fourth-order valence-electron chi connectivity index (χ4n) is 6.07. The highest BCUT2D eigenvalue weighted by Gasteiger charge is 2.13. The number of aliphatic hydroxyl groups excluding tert-OH is 1. The van der Waals surface area contributed by atoms with Crippen molar-refractivity contribution in [2.45, 2.75) is 128 Å². The van der Waals surface area contributed by atoms with E-state index in [0.717, 1.165) is 36.5 Å². The molecule has 3 aromatic rings. The molecular weight excluding hydrogens is 773 g/mol. The van der Waals surface area contributed by atoms with E-state index >= 15 is 0 Å². The van der Waals surface area contributed by atoms with E-state index in [1.807, 2.05) is 36.4 Å². The van der Waals surface area contributed by atoms with Crippen LogP contribution in [0, 0.1) is 0 Å². The molecule has 0 amide bonds. The van der Waals surface area contributed by atoms with E-state index in [9.17, 15) is 28.8 Å². The van der Waals surface area contributed by atoms with Crippen molar-refractivity contribution in [1.82, 2.24) is 0 Å². The predicted molar refractivity (Wildman–Crippen MR) is 224 cm³/mol. The Morgan fingerprint density at radius 3 is 1.28 bits per heavy atom. The summed E-state index contributed by atoms with van der Waals surface area (Å²) in [7, 11) is 0. The molecule has 60 heavy (non-hydrogen) atoms. The molecule has 1 N–H and O–H groups in total. The quantitative estimate of drug-likeness (QED) is 0.0273. The standard InChI is InChI=1S/C47H62O13/c48-32-13-1-6-23-42(49)55-33-14-2-7-24-43(50)56-34-15-3-8-25-44(51)57-35-16-4-9-26-45(52)58-36-17-5-10-27-46(53)59-39-30-28-38(29-31-39)47(54)60-41-22-18-20-37-19-11-12-21-40(37)41/h11-12,18-22,28-31,48H,1-10,13-17,23-27,32-36H2. The van der Waals surface area contributed by atoms with Gasteiger partial charge in [-0.05, 0) is 126 Å². The molecule has 3 aromatic carbocycles. The zero-order chi connectivity index (χ0) is 43.0. The first-order valence-corrected chi connectivity index (χ1v) is 21.5. The van der Waals surface area contributed by atoms with Crippen LogP contribution in [0.25, 0.3) is 10.8 Å². The van der Waals surface area contributed by atoms with Crippen LogP contribution in [0.2, 0.25) is 0 Å². The second-order valence-corrected chi connectivity index (χ2v) is 14.5. The van der Waals surface area contributed by atoms with E-state index in [1.54, 1.807) is 30.3 Å². The third kappa shape index (κ3) is 22.2. The minimum Gasteiger partial charge on any atom is -0.466 e. The van der Waals surface area contributed by atoms with Gasteiger partial charge in [0.15, 0.2) is 0 Å². The van der Waals surface area contributed by atoms with Gasteiger partial charge >= 0.3 is 35.8 Å². The van der Waals surface area contributed by atoms with E-state index in [-0.39, 0.29) is 55.9 Å². The summed E-state index contributed by atoms with van der Waals surface area (Å²) >= 11 is 0. The SMILES string of the molecule is O=C(CCCCCO)OCCCCCC(=O)OCCCCCC(=O)OCCCCCC(=O)OCCCCCC(=O)Oc1ccc(C(=O)Oc2cccc3ccccc23)cc1. The van der Waals surface area contributed by atoms with Crippen molar-refractivity contribution in [3.8, 4) is 11.5 Å².